The van der Waals surface area contributed by atoms with Crippen molar-refractivity contribution in [3.05, 3.63) is 23.9 Å². The van der Waals surface area contributed by atoms with Crippen LogP contribution in [0.5, 0.6) is 0 Å². The molecule has 1 aromatic heterocycles. The molecule has 22 heavy (non-hydrogen) atoms. The Morgan fingerprint density at radius 2 is 2.14 bits per heavy atom. The normalized spacial score (nSPS) is 26.9. The highest BCUT2D eigenvalue weighted by atomic mass is 16.2. The van der Waals surface area contributed by atoms with Crippen LogP contribution in [0.3, 0.4) is 0 Å². The summed E-state index contributed by atoms with van der Waals surface area (Å²) in [6.07, 6.45) is 4.01. The lowest BCUT2D eigenvalue weighted by Crippen LogP contribution is -2.57. The van der Waals surface area contributed by atoms with Crippen LogP contribution in [-0.4, -0.2) is 43.0 Å². The predicted octanol–water partition coefficient (Wildman–Crippen LogP) is 0.401. The van der Waals surface area contributed by atoms with Crippen LogP contribution in [0.1, 0.15) is 30.7 Å². The van der Waals surface area contributed by atoms with Gasteiger partial charge in [0.1, 0.15) is 5.82 Å². The zero-order valence-corrected chi connectivity index (χ0v) is 12.5. The number of hydrogen-bond acceptors (Lipinski definition) is 5. The smallest absolute Gasteiger partial charge is 0.234 e. The van der Waals surface area contributed by atoms with Gasteiger partial charge in [-0.25, -0.2) is 4.98 Å². The van der Waals surface area contributed by atoms with Crippen LogP contribution < -0.4 is 15.5 Å². The lowest BCUT2D eigenvalue weighted by atomic mass is 9.79. The lowest BCUT2D eigenvalue weighted by molar-refractivity contribution is -0.134. The molecule has 0 aromatic carbocycles. The first-order valence-electron chi connectivity index (χ1n) is 7.91. The number of anilines is 1. The Morgan fingerprint density at radius 3 is 2.77 bits per heavy atom. The van der Waals surface area contributed by atoms with Crippen molar-refractivity contribution in [2.24, 2.45) is 5.41 Å². The first-order valence-corrected chi connectivity index (χ1v) is 7.91. The zero-order chi connectivity index (χ0) is 15.2. The van der Waals surface area contributed by atoms with Gasteiger partial charge in [-0.3, -0.25) is 14.9 Å². The topological polar surface area (TPSA) is 74.3 Å². The minimum Gasteiger partial charge on any atom is -0.355 e. The Labute approximate surface area is 129 Å². The van der Waals surface area contributed by atoms with Gasteiger partial charge >= 0.3 is 0 Å². The number of rotatable bonds is 2. The molecule has 3 aliphatic rings. The second kappa shape index (κ2) is 5.05. The van der Waals surface area contributed by atoms with Crippen LogP contribution in [-0.2, 0) is 9.59 Å². The maximum Gasteiger partial charge on any atom is 0.234 e. The Kier molecular flexibility index (Phi) is 3.14. The summed E-state index contributed by atoms with van der Waals surface area (Å²) in [7, 11) is 0. The standard InChI is InChI=1S/C16H20N4O2/c21-14-4-2-12(15(22)19-14)11-1-3-13(18-7-11)20-9-16(10-20)5-6-17-8-16/h1,3,7,12,17H,2,4-6,8-10H2,(H,19,21,22). The summed E-state index contributed by atoms with van der Waals surface area (Å²) in [6, 6.07) is 3.97. The van der Waals surface area contributed by atoms with Gasteiger partial charge in [0.05, 0.1) is 5.92 Å². The minimum atomic E-state index is -0.249. The molecule has 1 unspecified atom stereocenters. The van der Waals surface area contributed by atoms with Crippen molar-refractivity contribution < 1.29 is 9.59 Å². The molecule has 0 aliphatic carbocycles. The molecule has 1 spiro atoms. The molecule has 2 N–H and O–H groups in total. The predicted molar refractivity (Wildman–Crippen MR) is 81.5 cm³/mol. The van der Waals surface area contributed by atoms with Gasteiger partial charge in [0.25, 0.3) is 0 Å². The van der Waals surface area contributed by atoms with Crippen molar-refractivity contribution in [3.63, 3.8) is 0 Å². The van der Waals surface area contributed by atoms with Crippen LogP contribution in [0.4, 0.5) is 5.82 Å². The Bertz CT molecular complexity index is 599. The molecular weight excluding hydrogens is 280 g/mol. The van der Waals surface area contributed by atoms with E-state index in [1.807, 2.05) is 12.1 Å². The molecule has 6 heteroatoms. The van der Waals surface area contributed by atoms with Crippen molar-refractivity contribution >= 4 is 17.6 Å². The molecule has 0 bridgehead atoms. The molecule has 6 nitrogen and oxygen atoms in total. The number of nitrogens with zero attached hydrogens (tertiary/aromatic N) is 2. The van der Waals surface area contributed by atoms with Crippen LogP contribution in [0.15, 0.2) is 18.3 Å². The number of piperidine rings is 1. The number of nitrogens with one attached hydrogen (secondary N) is 2. The molecular formula is C16H20N4O2. The Balaban J connectivity index is 1.43. The second-order valence-electron chi connectivity index (χ2n) is 6.74. The number of amides is 2. The average molecular weight is 300 g/mol. The minimum absolute atomic E-state index is 0.179. The van der Waals surface area contributed by atoms with E-state index in [1.54, 1.807) is 6.20 Å². The van der Waals surface area contributed by atoms with Gasteiger partial charge in [0.2, 0.25) is 11.8 Å². The van der Waals surface area contributed by atoms with Crippen LogP contribution >= 0.6 is 0 Å². The van der Waals surface area contributed by atoms with Crippen molar-refractivity contribution in [1.29, 1.82) is 0 Å². The number of hydrogen-bond donors (Lipinski definition) is 2. The molecule has 3 aliphatic heterocycles. The summed E-state index contributed by atoms with van der Waals surface area (Å²) >= 11 is 0. The number of aromatic nitrogens is 1. The van der Waals surface area contributed by atoms with Gasteiger partial charge in [-0.2, -0.15) is 0 Å². The third kappa shape index (κ3) is 2.27. The van der Waals surface area contributed by atoms with Crippen LogP contribution in [0.25, 0.3) is 0 Å². The van der Waals surface area contributed by atoms with Crippen molar-refractivity contribution in [1.82, 2.24) is 15.6 Å². The first kappa shape index (κ1) is 13.7. The van der Waals surface area contributed by atoms with E-state index in [0.717, 1.165) is 37.6 Å². The van der Waals surface area contributed by atoms with E-state index in [0.29, 0.717) is 18.3 Å². The maximum absolute atomic E-state index is 11.9. The lowest BCUT2D eigenvalue weighted by Gasteiger charge is -2.48. The fraction of sp³-hybridized carbons (Fsp3) is 0.562. The molecule has 2 amide bonds. The number of carbonyl (C=O) groups is 2. The Hall–Kier alpha value is -1.95. The molecule has 4 heterocycles. The molecule has 4 rings (SSSR count). The summed E-state index contributed by atoms with van der Waals surface area (Å²) in [5, 5.41) is 5.83. The monoisotopic (exact) mass is 300 g/mol. The summed E-state index contributed by atoms with van der Waals surface area (Å²) < 4.78 is 0. The molecule has 116 valence electrons. The zero-order valence-electron chi connectivity index (χ0n) is 12.5. The number of imide groups is 1. The highest BCUT2D eigenvalue weighted by Crippen LogP contribution is 2.38. The van der Waals surface area contributed by atoms with Crippen molar-refractivity contribution in [3.8, 4) is 0 Å². The fourth-order valence-corrected chi connectivity index (χ4v) is 3.79. The highest BCUT2D eigenvalue weighted by molar-refractivity contribution is 6.00. The van der Waals surface area contributed by atoms with Gasteiger partial charge in [-0.15, -0.1) is 0 Å². The first-order chi connectivity index (χ1) is 10.7. The highest BCUT2D eigenvalue weighted by Gasteiger charge is 2.45. The molecule has 0 saturated carbocycles. The van der Waals surface area contributed by atoms with Crippen LogP contribution in [0.2, 0.25) is 0 Å². The van der Waals surface area contributed by atoms with E-state index in [2.05, 4.69) is 20.5 Å². The SMILES string of the molecule is O=C1CCC(c2ccc(N3CC4(CCNC4)C3)nc2)C(=O)N1. The third-order valence-electron chi connectivity index (χ3n) is 5.12. The van der Waals surface area contributed by atoms with E-state index in [-0.39, 0.29) is 17.7 Å². The summed E-state index contributed by atoms with van der Waals surface area (Å²) in [4.78, 5) is 29.9. The quantitative estimate of drug-likeness (QED) is 0.774. The van der Waals surface area contributed by atoms with E-state index < -0.39 is 0 Å². The van der Waals surface area contributed by atoms with Crippen molar-refractivity contribution in [2.75, 3.05) is 31.1 Å². The summed E-state index contributed by atoms with van der Waals surface area (Å²) in [5.74, 6) is 0.349. The van der Waals surface area contributed by atoms with Crippen LogP contribution in [0, 0.1) is 5.41 Å². The summed E-state index contributed by atoms with van der Waals surface area (Å²) in [5.41, 5.74) is 1.34. The van der Waals surface area contributed by atoms with E-state index in [1.165, 1.54) is 6.42 Å². The number of carbonyl (C=O) groups excluding carboxylic acids is 2. The molecule has 1 atom stereocenters. The molecule has 1 aromatic rings. The van der Waals surface area contributed by atoms with E-state index in [4.69, 9.17) is 0 Å². The van der Waals surface area contributed by atoms with E-state index in [9.17, 15) is 9.59 Å². The van der Waals surface area contributed by atoms with Gasteiger partial charge in [0.15, 0.2) is 0 Å². The molecule has 0 radical (unpaired) electrons. The van der Waals surface area contributed by atoms with E-state index >= 15 is 0 Å². The average Bonchev–Trinajstić information content (AvgIpc) is 2.96. The van der Waals surface area contributed by atoms with Gasteiger partial charge < -0.3 is 10.2 Å². The van der Waals surface area contributed by atoms with Gasteiger partial charge in [-0.1, -0.05) is 6.07 Å². The van der Waals surface area contributed by atoms with Gasteiger partial charge in [-0.05, 0) is 31.0 Å². The number of pyridine rings is 1. The molecule has 3 saturated heterocycles. The third-order valence-corrected chi connectivity index (χ3v) is 5.12. The largest absolute Gasteiger partial charge is 0.355 e. The van der Waals surface area contributed by atoms with Crippen molar-refractivity contribution in [2.45, 2.75) is 25.2 Å². The fourth-order valence-electron chi connectivity index (χ4n) is 3.79. The second-order valence-corrected chi connectivity index (χ2v) is 6.74. The maximum atomic E-state index is 11.9. The summed E-state index contributed by atoms with van der Waals surface area (Å²) in [6.45, 7) is 4.35. The van der Waals surface area contributed by atoms with Gasteiger partial charge in [0, 0.05) is 37.7 Å². The molecule has 3 fully saturated rings. The Morgan fingerprint density at radius 1 is 1.27 bits per heavy atom.